The molecule has 2 aromatic rings. The van der Waals surface area contributed by atoms with E-state index in [1.165, 1.54) is 11.1 Å². The predicted octanol–water partition coefficient (Wildman–Crippen LogP) is 3.70. The highest BCUT2D eigenvalue weighted by molar-refractivity contribution is 5.21. The van der Waals surface area contributed by atoms with E-state index in [1.807, 2.05) is 6.20 Å². The summed E-state index contributed by atoms with van der Waals surface area (Å²) in [6.07, 6.45) is 5.77. The standard InChI is InChI=1S/C18H26N2O/c1-14(2)19-12-4-5-18-20-13-17(21-18)11-10-16-8-6-15(3)7-9-16/h6-9,13-14,19H,4-5,10-12H2,1-3H3. The van der Waals surface area contributed by atoms with Gasteiger partial charge in [0.1, 0.15) is 5.76 Å². The molecule has 2 rings (SSSR count). The largest absolute Gasteiger partial charge is 0.446 e. The van der Waals surface area contributed by atoms with E-state index in [-0.39, 0.29) is 0 Å². The maximum atomic E-state index is 5.80. The maximum absolute atomic E-state index is 5.80. The molecule has 0 unspecified atom stereocenters. The van der Waals surface area contributed by atoms with Crippen molar-refractivity contribution in [3.8, 4) is 0 Å². The van der Waals surface area contributed by atoms with Crippen molar-refractivity contribution >= 4 is 0 Å². The van der Waals surface area contributed by atoms with E-state index in [9.17, 15) is 0 Å². The van der Waals surface area contributed by atoms with Gasteiger partial charge in [0.05, 0.1) is 6.20 Å². The summed E-state index contributed by atoms with van der Waals surface area (Å²) in [5.74, 6) is 1.85. The van der Waals surface area contributed by atoms with Crippen molar-refractivity contribution in [3.63, 3.8) is 0 Å². The summed E-state index contributed by atoms with van der Waals surface area (Å²) in [6, 6.07) is 9.22. The van der Waals surface area contributed by atoms with Crippen LogP contribution in [0.5, 0.6) is 0 Å². The van der Waals surface area contributed by atoms with Gasteiger partial charge in [0.15, 0.2) is 5.89 Å². The van der Waals surface area contributed by atoms with Crippen LogP contribution in [0.2, 0.25) is 0 Å². The van der Waals surface area contributed by atoms with E-state index in [0.29, 0.717) is 6.04 Å². The Labute approximate surface area is 127 Å². The number of aryl methyl sites for hydroxylation is 4. The molecule has 0 atom stereocenters. The third kappa shape index (κ3) is 5.72. The third-order valence-corrected chi connectivity index (χ3v) is 3.50. The van der Waals surface area contributed by atoms with Crippen molar-refractivity contribution in [3.05, 3.63) is 53.2 Å². The molecule has 3 nitrogen and oxygen atoms in total. The Bertz CT molecular complexity index is 528. The zero-order valence-electron chi connectivity index (χ0n) is 13.4. The predicted molar refractivity (Wildman–Crippen MR) is 86.5 cm³/mol. The minimum atomic E-state index is 0.541. The Morgan fingerprint density at radius 1 is 1.10 bits per heavy atom. The number of hydrogen-bond donors (Lipinski definition) is 1. The molecule has 0 radical (unpaired) electrons. The molecule has 0 aliphatic rings. The number of oxazole rings is 1. The number of aromatic nitrogens is 1. The normalized spacial score (nSPS) is 11.2. The lowest BCUT2D eigenvalue weighted by Crippen LogP contribution is -2.23. The molecular formula is C18H26N2O. The van der Waals surface area contributed by atoms with E-state index in [1.54, 1.807) is 0 Å². The van der Waals surface area contributed by atoms with Crippen molar-refractivity contribution in [2.24, 2.45) is 0 Å². The minimum Gasteiger partial charge on any atom is -0.446 e. The molecule has 1 aromatic heterocycles. The molecule has 1 aromatic carbocycles. The molecule has 0 aliphatic carbocycles. The molecule has 3 heteroatoms. The molecule has 0 spiro atoms. The zero-order chi connectivity index (χ0) is 15.1. The number of nitrogens with one attached hydrogen (secondary N) is 1. The molecule has 0 bridgehead atoms. The summed E-state index contributed by atoms with van der Waals surface area (Å²) >= 11 is 0. The van der Waals surface area contributed by atoms with Crippen LogP contribution >= 0.6 is 0 Å². The number of hydrogen-bond acceptors (Lipinski definition) is 3. The smallest absolute Gasteiger partial charge is 0.194 e. The van der Waals surface area contributed by atoms with Gasteiger partial charge < -0.3 is 9.73 Å². The van der Waals surface area contributed by atoms with Crippen molar-refractivity contribution < 1.29 is 4.42 Å². The first-order valence-corrected chi connectivity index (χ1v) is 7.86. The fourth-order valence-electron chi connectivity index (χ4n) is 2.23. The maximum Gasteiger partial charge on any atom is 0.194 e. The summed E-state index contributed by atoms with van der Waals surface area (Å²) < 4.78 is 5.80. The summed E-state index contributed by atoms with van der Waals surface area (Å²) in [5.41, 5.74) is 2.65. The highest BCUT2D eigenvalue weighted by atomic mass is 16.4. The second-order valence-corrected chi connectivity index (χ2v) is 5.92. The van der Waals surface area contributed by atoms with Crippen LogP contribution in [0.4, 0.5) is 0 Å². The summed E-state index contributed by atoms with van der Waals surface area (Å²) in [4.78, 5) is 4.36. The Kier molecular flexibility index (Phi) is 6.00. The van der Waals surface area contributed by atoms with E-state index >= 15 is 0 Å². The fourth-order valence-corrected chi connectivity index (χ4v) is 2.23. The number of rotatable bonds is 8. The van der Waals surface area contributed by atoms with Crippen molar-refractivity contribution in [1.82, 2.24) is 10.3 Å². The van der Waals surface area contributed by atoms with Gasteiger partial charge in [-0.3, -0.25) is 0 Å². The monoisotopic (exact) mass is 286 g/mol. The summed E-state index contributed by atoms with van der Waals surface area (Å²) in [6.45, 7) is 7.45. The topological polar surface area (TPSA) is 38.1 Å². The Morgan fingerprint density at radius 3 is 2.57 bits per heavy atom. The number of nitrogens with zero attached hydrogens (tertiary/aromatic N) is 1. The molecular weight excluding hydrogens is 260 g/mol. The van der Waals surface area contributed by atoms with Crippen molar-refractivity contribution in [2.45, 2.75) is 52.5 Å². The quantitative estimate of drug-likeness (QED) is 0.752. The van der Waals surface area contributed by atoms with Gasteiger partial charge in [0.25, 0.3) is 0 Å². The van der Waals surface area contributed by atoms with E-state index in [0.717, 1.165) is 43.9 Å². The van der Waals surface area contributed by atoms with Crippen LogP contribution in [0.15, 0.2) is 34.9 Å². The molecule has 21 heavy (non-hydrogen) atoms. The average Bonchev–Trinajstić information content (AvgIpc) is 2.91. The van der Waals surface area contributed by atoms with Gasteiger partial charge in [-0.25, -0.2) is 4.98 Å². The third-order valence-electron chi connectivity index (χ3n) is 3.50. The molecule has 0 aliphatic heterocycles. The van der Waals surface area contributed by atoms with Gasteiger partial charge in [-0.15, -0.1) is 0 Å². The van der Waals surface area contributed by atoms with Gasteiger partial charge in [0.2, 0.25) is 0 Å². The Balaban J connectivity index is 1.73. The van der Waals surface area contributed by atoms with Crippen LogP contribution in [-0.4, -0.2) is 17.6 Å². The molecule has 0 saturated carbocycles. The first kappa shape index (κ1) is 15.8. The second kappa shape index (κ2) is 7.99. The lowest BCUT2D eigenvalue weighted by Gasteiger charge is -2.05. The van der Waals surface area contributed by atoms with Crippen LogP contribution < -0.4 is 5.32 Å². The van der Waals surface area contributed by atoms with Crippen molar-refractivity contribution in [1.29, 1.82) is 0 Å². The van der Waals surface area contributed by atoms with Crippen LogP contribution in [0, 0.1) is 6.92 Å². The molecule has 0 saturated heterocycles. The lowest BCUT2D eigenvalue weighted by molar-refractivity contribution is 0.443. The summed E-state index contributed by atoms with van der Waals surface area (Å²) in [7, 11) is 0. The van der Waals surface area contributed by atoms with Gasteiger partial charge >= 0.3 is 0 Å². The first-order valence-electron chi connectivity index (χ1n) is 7.86. The molecule has 1 heterocycles. The van der Waals surface area contributed by atoms with Gasteiger partial charge in [-0.1, -0.05) is 43.7 Å². The van der Waals surface area contributed by atoms with E-state index in [2.05, 4.69) is 55.3 Å². The van der Waals surface area contributed by atoms with Crippen molar-refractivity contribution in [2.75, 3.05) is 6.54 Å². The van der Waals surface area contributed by atoms with Gasteiger partial charge in [0, 0.05) is 18.9 Å². The zero-order valence-corrected chi connectivity index (χ0v) is 13.4. The lowest BCUT2D eigenvalue weighted by atomic mass is 10.1. The van der Waals surface area contributed by atoms with Crippen LogP contribution in [0.3, 0.4) is 0 Å². The number of benzene rings is 1. The van der Waals surface area contributed by atoms with Gasteiger partial charge in [-0.2, -0.15) is 0 Å². The molecule has 114 valence electrons. The average molecular weight is 286 g/mol. The van der Waals surface area contributed by atoms with E-state index in [4.69, 9.17) is 4.42 Å². The highest BCUT2D eigenvalue weighted by Gasteiger charge is 2.04. The SMILES string of the molecule is Cc1ccc(CCc2cnc(CCCNC(C)C)o2)cc1. The van der Waals surface area contributed by atoms with Crippen LogP contribution in [0.1, 0.15) is 43.0 Å². The van der Waals surface area contributed by atoms with Crippen LogP contribution in [-0.2, 0) is 19.3 Å². The second-order valence-electron chi connectivity index (χ2n) is 5.92. The Hall–Kier alpha value is -1.61. The molecule has 0 amide bonds. The summed E-state index contributed by atoms with van der Waals surface area (Å²) in [5, 5.41) is 3.40. The fraction of sp³-hybridized carbons (Fsp3) is 0.500. The van der Waals surface area contributed by atoms with Crippen LogP contribution in [0.25, 0.3) is 0 Å². The molecule has 0 fully saturated rings. The minimum absolute atomic E-state index is 0.541. The first-order chi connectivity index (χ1) is 10.1. The Morgan fingerprint density at radius 2 is 1.86 bits per heavy atom. The van der Waals surface area contributed by atoms with Gasteiger partial charge in [-0.05, 0) is 31.9 Å². The highest BCUT2D eigenvalue weighted by Crippen LogP contribution is 2.11. The van der Waals surface area contributed by atoms with E-state index < -0.39 is 0 Å². The molecule has 1 N–H and O–H groups in total.